The summed E-state index contributed by atoms with van der Waals surface area (Å²) >= 11 is 12.0. The van der Waals surface area contributed by atoms with Crippen LogP contribution in [0.4, 0.5) is 13.2 Å². The van der Waals surface area contributed by atoms with Crippen LogP contribution in [0, 0.1) is 0 Å². The molecule has 0 saturated carbocycles. The summed E-state index contributed by atoms with van der Waals surface area (Å²) in [5.74, 6) is 0. The van der Waals surface area contributed by atoms with Crippen LogP contribution < -0.4 is 5.32 Å². The highest BCUT2D eigenvalue weighted by Crippen LogP contribution is 2.38. The van der Waals surface area contributed by atoms with E-state index in [-0.39, 0.29) is 27.2 Å². The Morgan fingerprint density at radius 2 is 1.86 bits per heavy atom. The third kappa shape index (κ3) is 6.94. The molecule has 2 aromatic rings. The van der Waals surface area contributed by atoms with E-state index in [0.29, 0.717) is 18.1 Å². The van der Waals surface area contributed by atoms with E-state index in [4.69, 9.17) is 27.8 Å². The Hall–Kier alpha value is -1.17. The predicted octanol–water partition coefficient (Wildman–Crippen LogP) is 4.24. The second-order valence-electron chi connectivity index (χ2n) is 6.61. The van der Waals surface area contributed by atoms with Crippen molar-refractivity contribution in [1.82, 2.24) is 10.3 Å². The molecular formula is C17H19Cl2F3N2O4S. The molecule has 0 spiro atoms. The molecule has 1 aliphatic rings. The highest BCUT2D eigenvalue weighted by atomic mass is 35.5. The van der Waals surface area contributed by atoms with Gasteiger partial charge in [0.15, 0.2) is 0 Å². The molecule has 3 N–H and O–H groups in total. The number of pyridine rings is 1. The Labute approximate surface area is 175 Å². The Bertz CT molecular complexity index is 973. The lowest BCUT2D eigenvalue weighted by Crippen LogP contribution is -2.39. The third-order valence-corrected chi connectivity index (χ3v) is 4.71. The molecule has 29 heavy (non-hydrogen) atoms. The number of aliphatic hydroxyl groups is 1. The third-order valence-electron chi connectivity index (χ3n) is 4.20. The summed E-state index contributed by atoms with van der Waals surface area (Å²) in [5.41, 5.74) is -0.957. The van der Waals surface area contributed by atoms with Crippen molar-refractivity contribution >= 4 is 44.2 Å². The quantitative estimate of drug-likeness (QED) is 0.562. The van der Waals surface area contributed by atoms with Gasteiger partial charge in [-0.3, -0.25) is 4.55 Å². The first-order valence-electron chi connectivity index (χ1n) is 8.48. The number of aliphatic hydroxyl groups excluding tert-OH is 1. The number of halogens is 5. The van der Waals surface area contributed by atoms with E-state index < -0.39 is 28.1 Å². The Morgan fingerprint density at radius 3 is 2.38 bits per heavy atom. The van der Waals surface area contributed by atoms with Crippen molar-refractivity contribution in [1.29, 1.82) is 0 Å². The van der Waals surface area contributed by atoms with E-state index >= 15 is 0 Å². The predicted molar refractivity (Wildman–Crippen MR) is 105 cm³/mol. The SMILES string of the molecule is CS(=O)(=O)O.O[C@@H](c1cc(C(F)(F)F)nc2c(Cl)cc(Cl)cc12)[C@@H]1CCCCN1. The summed E-state index contributed by atoms with van der Waals surface area (Å²) in [4.78, 5) is 3.63. The lowest BCUT2D eigenvalue weighted by atomic mass is 9.92. The summed E-state index contributed by atoms with van der Waals surface area (Å²) in [6, 6.07) is 3.39. The monoisotopic (exact) mass is 474 g/mol. The summed E-state index contributed by atoms with van der Waals surface area (Å²) in [6.07, 6.45) is -2.46. The highest BCUT2D eigenvalue weighted by molar-refractivity contribution is 7.85. The summed E-state index contributed by atoms with van der Waals surface area (Å²) < 4.78 is 65.4. The van der Waals surface area contributed by atoms with Gasteiger partial charge in [0, 0.05) is 16.5 Å². The second-order valence-corrected chi connectivity index (χ2v) is 8.92. The first kappa shape index (κ1) is 24.1. The first-order valence-corrected chi connectivity index (χ1v) is 11.1. The van der Waals surface area contributed by atoms with Crippen LogP contribution in [-0.4, -0.2) is 41.9 Å². The minimum Gasteiger partial charge on any atom is -0.387 e. The van der Waals surface area contributed by atoms with Crippen LogP contribution in [-0.2, 0) is 16.3 Å². The summed E-state index contributed by atoms with van der Waals surface area (Å²) in [7, 11) is -3.67. The van der Waals surface area contributed by atoms with Gasteiger partial charge >= 0.3 is 6.18 Å². The molecule has 1 saturated heterocycles. The van der Waals surface area contributed by atoms with Gasteiger partial charge in [0.2, 0.25) is 0 Å². The zero-order chi connectivity index (χ0) is 22.0. The smallest absolute Gasteiger partial charge is 0.387 e. The summed E-state index contributed by atoms with van der Waals surface area (Å²) in [5, 5.41) is 14.5. The van der Waals surface area contributed by atoms with E-state index in [2.05, 4.69) is 10.3 Å². The van der Waals surface area contributed by atoms with Crippen molar-refractivity contribution in [2.45, 2.75) is 37.6 Å². The summed E-state index contributed by atoms with van der Waals surface area (Å²) in [6.45, 7) is 0.721. The maximum Gasteiger partial charge on any atom is 0.433 e. The molecule has 0 unspecified atom stereocenters. The molecule has 2 atom stereocenters. The van der Waals surface area contributed by atoms with Crippen molar-refractivity contribution in [3.63, 3.8) is 0 Å². The maximum absolute atomic E-state index is 13.2. The zero-order valence-electron chi connectivity index (χ0n) is 15.2. The number of rotatable bonds is 2. The standard InChI is InChI=1S/C16H15Cl2F3N2O.CH4O3S/c17-8-5-9-10(15(24)12-3-1-2-4-22-12)7-13(16(19,20)21)23-14(9)11(18)6-8;1-5(2,3)4/h5-7,12,15,22,24H,1-4H2;1H3,(H,2,3,4)/t12-,15-;/m0./s1. The minimum atomic E-state index is -4.63. The molecule has 0 bridgehead atoms. The van der Waals surface area contributed by atoms with Crippen molar-refractivity contribution < 1.29 is 31.2 Å². The average molecular weight is 475 g/mol. The van der Waals surface area contributed by atoms with E-state index in [1.165, 1.54) is 12.1 Å². The first-order chi connectivity index (χ1) is 13.3. The number of aromatic nitrogens is 1. The number of piperidine rings is 1. The number of benzene rings is 1. The second kappa shape index (κ2) is 9.32. The van der Waals surface area contributed by atoms with Crippen molar-refractivity contribution in [2.24, 2.45) is 0 Å². The molecule has 1 aromatic carbocycles. The van der Waals surface area contributed by atoms with Crippen LogP contribution in [0.3, 0.4) is 0 Å². The molecule has 0 radical (unpaired) electrons. The molecule has 162 valence electrons. The van der Waals surface area contributed by atoms with E-state index in [0.717, 1.165) is 25.5 Å². The molecule has 0 aliphatic carbocycles. The lowest BCUT2D eigenvalue weighted by Gasteiger charge is -2.29. The fourth-order valence-electron chi connectivity index (χ4n) is 3.03. The van der Waals surface area contributed by atoms with Gasteiger partial charge in [-0.1, -0.05) is 29.6 Å². The molecule has 12 heteroatoms. The van der Waals surface area contributed by atoms with Gasteiger partial charge < -0.3 is 10.4 Å². The molecule has 1 aromatic heterocycles. The normalized spacial score (nSPS) is 18.8. The van der Waals surface area contributed by atoms with Crippen LogP contribution >= 0.6 is 23.2 Å². The molecule has 1 fully saturated rings. The van der Waals surface area contributed by atoms with Crippen LogP contribution in [0.15, 0.2) is 18.2 Å². The minimum absolute atomic E-state index is 0.0132. The van der Waals surface area contributed by atoms with Crippen LogP contribution in [0.25, 0.3) is 10.9 Å². The highest BCUT2D eigenvalue weighted by Gasteiger charge is 2.35. The number of alkyl halides is 3. The number of hydrogen-bond acceptors (Lipinski definition) is 5. The molecule has 1 aliphatic heterocycles. The van der Waals surface area contributed by atoms with Gasteiger partial charge in [-0.05, 0) is 43.1 Å². The van der Waals surface area contributed by atoms with Gasteiger partial charge in [-0.25, -0.2) is 4.98 Å². The Kier molecular flexibility index (Phi) is 7.74. The van der Waals surface area contributed by atoms with Gasteiger partial charge in [0.05, 0.1) is 22.9 Å². The van der Waals surface area contributed by atoms with Crippen LogP contribution in [0.1, 0.15) is 36.6 Å². The number of hydrogen-bond donors (Lipinski definition) is 3. The zero-order valence-corrected chi connectivity index (χ0v) is 17.5. The van der Waals surface area contributed by atoms with Crippen LogP contribution in [0.5, 0.6) is 0 Å². The van der Waals surface area contributed by atoms with E-state index in [1.807, 2.05) is 0 Å². The number of fused-ring (bicyclic) bond motifs is 1. The molecule has 2 heterocycles. The molecule has 3 rings (SSSR count). The van der Waals surface area contributed by atoms with Crippen molar-refractivity contribution in [2.75, 3.05) is 12.8 Å². The fraction of sp³-hybridized carbons (Fsp3) is 0.471. The van der Waals surface area contributed by atoms with E-state index in [9.17, 15) is 26.7 Å². The van der Waals surface area contributed by atoms with E-state index in [1.54, 1.807) is 0 Å². The molecule has 6 nitrogen and oxygen atoms in total. The molecule has 0 amide bonds. The Balaban J connectivity index is 0.000000537. The number of nitrogens with zero attached hydrogens (tertiary/aromatic N) is 1. The molecular weight excluding hydrogens is 456 g/mol. The van der Waals surface area contributed by atoms with Gasteiger partial charge in [0.25, 0.3) is 10.1 Å². The fourth-order valence-corrected chi connectivity index (χ4v) is 3.57. The number of nitrogens with one attached hydrogen (secondary N) is 1. The van der Waals surface area contributed by atoms with Gasteiger partial charge in [-0.15, -0.1) is 0 Å². The van der Waals surface area contributed by atoms with Gasteiger partial charge in [-0.2, -0.15) is 21.6 Å². The average Bonchev–Trinajstić information content (AvgIpc) is 2.59. The maximum atomic E-state index is 13.2. The van der Waals surface area contributed by atoms with Crippen molar-refractivity contribution in [3.05, 3.63) is 39.5 Å². The van der Waals surface area contributed by atoms with Gasteiger partial charge in [0.1, 0.15) is 5.69 Å². The Morgan fingerprint density at radius 1 is 1.24 bits per heavy atom. The topological polar surface area (TPSA) is 99.5 Å². The lowest BCUT2D eigenvalue weighted by molar-refractivity contribution is -0.141. The van der Waals surface area contributed by atoms with Crippen molar-refractivity contribution in [3.8, 4) is 0 Å². The largest absolute Gasteiger partial charge is 0.433 e. The van der Waals surface area contributed by atoms with Crippen LogP contribution in [0.2, 0.25) is 10.0 Å².